The van der Waals surface area contributed by atoms with E-state index in [1.807, 2.05) is 13.8 Å². The first-order chi connectivity index (χ1) is 8.25. The molecule has 0 fully saturated rings. The van der Waals surface area contributed by atoms with Crippen LogP contribution in [0.4, 0.5) is 4.39 Å². The first-order valence-corrected chi connectivity index (χ1v) is 5.61. The van der Waals surface area contributed by atoms with E-state index in [0.29, 0.717) is 5.75 Å². The van der Waals surface area contributed by atoms with Crippen molar-refractivity contribution in [3.63, 3.8) is 0 Å². The summed E-state index contributed by atoms with van der Waals surface area (Å²) in [5.41, 5.74) is -1.88. The fourth-order valence-electron chi connectivity index (χ4n) is 1.53. The molecule has 0 saturated carbocycles. The van der Waals surface area contributed by atoms with Gasteiger partial charge in [0.1, 0.15) is 11.4 Å². The van der Waals surface area contributed by atoms with Gasteiger partial charge in [-0.3, -0.25) is 0 Å². The van der Waals surface area contributed by atoms with Crippen molar-refractivity contribution < 1.29 is 24.1 Å². The SMILES string of the molecule is CC(C)Oc1ccc(C(C)(O)C(F)C(=O)O)cc1. The van der Waals surface area contributed by atoms with Crippen molar-refractivity contribution >= 4 is 5.97 Å². The number of carboxylic acids is 1. The minimum atomic E-state index is -2.38. The van der Waals surface area contributed by atoms with Crippen molar-refractivity contribution in [2.75, 3.05) is 0 Å². The highest BCUT2D eigenvalue weighted by Gasteiger charge is 2.39. The standard InChI is InChI=1S/C13H17FO4/c1-8(2)18-10-6-4-9(5-7-10)13(3,17)11(14)12(15)16/h4-8,11,17H,1-3H3,(H,15,16). The van der Waals surface area contributed by atoms with Gasteiger partial charge in [0.2, 0.25) is 6.17 Å². The van der Waals surface area contributed by atoms with Crippen molar-refractivity contribution in [1.82, 2.24) is 0 Å². The largest absolute Gasteiger partial charge is 0.491 e. The molecule has 1 rings (SSSR count). The van der Waals surface area contributed by atoms with Gasteiger partial charge in [-0.2, -0.15) is 0 Å². The maximum Gasteiger partial charge on any atom is 0.341 e. The maximum absolute atomic E-state index is 13.4. The number of alkyl halides is 1. The lowest BCUT2D eigenvalue weighted by molar-refractivity contribution is -0.153. The third-order valence-electron chi connectivity index (χ3n) is 2.52. The molecule has 1 aromatic carbocycles. The molecule has 18 heavy (non-hydrogen) atoms. The molecular weight excluding hydrogens is 239 g/mol. The van der Waals surface area contributed by atoms with Crippen molar-refractivity contribution in [3.8, 4) is 5.75 Å². The quantitative estimate of drug-likeness (QED) is 0.846. The van der Waals surface area contributed by atoms with E-state index in [-0.39, 0.29) is 11.7 Å². The summed E-state index contributed by atoms with van der Waals surface area (Å²) in [5, 5.41) is 18.5. The van der Waals surface area contributed by atoms with Crippen LogP contribution in [0.1, 0.15) is 26.3 Å². The highest BCUT2D eigenvalue weighted by atomic mass is 19.1. The second kappa shape index (κ2) is 5.35. The van der Waals surface area contributed by atoms with Crippen LogP contribution in [0.25, 0.3) is 0 Å². The van der Waals surface area contributed by atoms with Crippen LogP contribution in [0, 0.1) is 0 Å². The summed E-state index contributed by atoms with van der Waals surface area (Å²) in [6.45, 7) is 4.86. The molecule has 0 aliphatic carbocycles. The molecule has 0 aliphatic heterocycles. The predicted molar refractivity (Wildman–Crippen MR) is 64.3 cm³/mol. The molecule has 100 valence electrons. The van der Waals surface area contributed by atoms with Crippen LogP contribution in [-0.2, 0) is 10.4 Å². The zero-order valence-corrected chi connectivity index (χ0v) is 10.6. The summed E-state index contributed by atoms with van der Waals surface area (Å²) in [5.74, 6) is -1.11. The molecule has 4 nitrogen and oxygen atoms in total. The van der Waals surface area contributed by atoms with E-state index < -0.39 is 17.7 Å². The number of aliphatic hydroxyl groups is 1. The van der Waals surface area contributed by atoms with Gasteiger partial charge in [-0.1, -0.05) is 12.1 Å². The summed E-state index contributed by atoms with van der Waals surface area (Å²) in [7, 11) is 0. The van der Waals surface area contributed by atoms with Crippen LogP contribution < -0.4 is 4.74 Å². The Labute approximate surface area is 105 Å². The molecule has 2 N–H and O–H groups in total. The second-order valence-electron chi connectivity index (χ2n) is 4.54. The van der Waals surface area contributed by atoms with Gasteiger partial charge in [0, 0.05) is 0 Å². The average molecular weight is 256 g/mol. The van der Waals surface area contributed by atoms with E-state index >= 15 is 0 Å². The molecular formula is C13H17FO4. The van der Waals surface area contributed by atoms with Crippen LogP contribution in [0.3, 0.4) is 0 Å². The molecule has 2 atom stereocenters. The van der Waals surface area contributed by atoms with Crippen molar-refractivity contribution in [3.05, 3.63) is 29.8 Å². The summed E-state index contributed by atoms with van der Waals surface area (Å²) in [6, 6.07) is 6.04. The van der Waals surface area contributed by atoms with E-state index in [0.717, 1.165) is 6.92 Å². The Morgan fingerprint density at radius 1 is 1.33 bits per heavy atom. The number of benzene rings is 1. The van der Waals surface area contributed by atoms with Crippen molar-refractivity contribution in [2.45, 2.75) is 38.6 Å². The van der Waals surface area contributed by atoms with Crippen LogP contribution >= 0.6 is 0 Å². The molecule has 0 saturated heterocycles. The number of halogens is 1. The number of rotatable bonds is 5. The third kappa shape index (κ3) is 3.20. The summed E-state index contributed by atoms with van der Waals surface area (Å²) >= 11 is 0. The second-order valence-corrected chi connectivity index (χ2v) is 4.54. The Morgan fingerprint density at radius 3 is 2.22 bits per heavy atom. The van der Waals surface area contributed by atoms with Gasteiger partial charge < -0.3 is 14.9 Å². The van der Waals surface area contributed by atoms with Gasteiger partial charge in [-0.05, 0) is 38.5 Å². The van der Waals surface area contributed by atoms with Crippen LogP contribution in [0.5, 0.6) is 5.75 Å². The molecule has 0 bridgehead atoms. The van der Waals surface area contributed by atoms with Gasteiger partial charge >= 0.3 is 5.97 Å². The molecule has 2 unspecified atom stereocenters. The molecule has 0 amide bonds. The zero-order valence-electron chi connectivity index (χ0n) is 10.6. The summed E-state index contributed by atoms with van der Waals surface area (Å²) in [6.07, 6.45) is -2.38. The summed E-state index contributed by atoms with van der Waals surface area (Å²) in [4.78, 5) is 10.6. The van der Waals surface area contributed by atoms with Gasteiger partial charge in [0.05, 0.1) is 6.10 Å². The maximum atomic E-state index is 13.4. The Hall–Kier alpha value is -1.62. The number of hydrogen-bond donors (Lipinski definition) is 2. The molecule has 1 aromatic rings. The van der Waals surface area contributed by atoms with Gasteiger partial charge in [0.25, 0.3) is 0 Å². The monoisotopic (exact) mass is 256 g/mol. The lowest BCUT2D eigenvalue weighted by atomic mass is 9.91. The molecule has 0 aliphatic rings. The minimum Gasteiger partial charge on any atom is -0.491 e. The Bertz CT molecular complexity index is 412. The van der Waals surface area contributed by atoms with Gasteiger partial charge in [-0.15, -0.1) is 0 Å². The topological polar surface area (TPSA) is 66.8 Å². The molecule has 0 aromatic heterocycles. The fraction of sp³-hybridized carbons (Fsp3) is 0.462. The van der Waals surface area contributed by atoms with E-state index in [9.17, 15) is 14.3 Å². The van der Waals surface area contributed by atoms with Gasteiger partial charge in [-0.25, -0.2) is 9.18 Å². The smallest absolute Gasteiger partial charge is 0.341 e. The lowest BCUT2D eigenvalue weighted by Gasteiger charge is -2.25. The van der Waals surface area contributed by atoms with E-state index in [2.05, 4.69) is 0 Å². The molecule has 0 heterocycles. The van der Waals surface area contributed by atoms with E-state index in [1.54, 1.807) is 12.1 Å². The van der Waals surface area contributed by atoms with Crippen molar-refractivity contribution in [1.29, 1.82) is 0 Å². The minimum absolute atomic E-state index is 0.00398. The highest BCUT2D eigenvalue weighted by Crippen LogP contribution is 2.28. The number of aliphatic carboxylic acids is 1. The first kappa shape index (κ1) is 14.4. The fourth-order valence-corrected chi connectivity index (χ4v) is 1.53. The average Bonchev–Trinajstić information content (AvgIpc) is 2.27. The molecule has 0 radical (unpaired) electrons. The Kier molecular flexibility index (Phi) is 4.29. The number of ether oxygens (including phenoxy) is 1. The van der Waals surface area contributed by atoms with Crippen LogP contribution in [0.15, 0.2) is 24.3 Å². The highest BCUT2D eigenvalue weighted by molar-refractivity contribution is 5.74. The zero-order chi connectivity index (χ0) is 13.9. The Balaban J connectivity index is 2.93. The summed E-state index contributed by atoms with van der Waals surface area (Å²) < 4.78 is 18.8. The number of hydrogen-bond acceptors (Lipinski definition) is 3. The third-order valence-corrected chi connectivity index (χ3v) is 2.52. The molecule has 0 spiro atoms. The van der Waals surface area contributed by atoms with E-state index in [4.69, 9.17) is 9.84 Å². The van der Waals surface area contributed by atoms with Crippen LogP contribution in [0.2, 0.25) is 0 Å². The normalized spacial score (nSPS) is 16.1. The first-order valence-electron chi connectivity index (χ1n) is 5.61. The van der Waals surface area contributed by atoms with Crippen molar-refractivity contribution in [2.24, 2.45) is 0 Å². The number of carbonyl (C=O) groups is 1. The van der Waals surface area contributed by atoms with Gasteiger partial charge in [0.15, 0.2) is 0 Å². The lowest BCUT2D eigenvalue weighted by Crippen LogP contribution is -2.39. The predicted octanol–water partition coefficient (Wildman–Crippen LogP) is 2.10. The number of carboxylic acid groups (broad SMARTS) is 1. The molecule has 5 heteroatoms. The Morgan fingerprint density at radius 2 is 1.83 bits per heavy atom. The van der Waals surface area contributed by atoms with E-state index in [1.165, 1.54) is 12.1 Å². The van der Waals surface area contributed by atoms with Crippen LogP contribution in [-0.4, -0.2) is 28.5 Å².